The lowest BCUT2D eigenvalue weighted by Gasteiger charge is -2.12. The minimum absolute atomic E-state index is 0.874. The first kappa shape index (κ1) is 11.8. The summed E-state index contributed by atoms with van der Waals surface area (Å²) in [4.78, 5) is 1.30. The van der Waals surface area contributed by atoms with E-state index in [0.717, 1.165) is 6.67 Å². The summed E-state index contributed by atoms with van der Waals surface area (Å²) in [6, 6.07) is 17.4. The first-order valence-corrected chi connectivity index (χ1v) is 7.91. The Morgan fingerprint density at radius 3 is 2.70 bits per heavy atom. The van der Waals surface area contributed by atoms with E-state index in [4.69, 9.17) is 0 Å². The summed E-state index contributed by atoms with van der Waals surface area (Å²) in [5, 5.41) is 1.32. The fourth-order valence-corrected chi connectivity index (χ4v) is 3.22. The van der Waals surface area contributed by atoms with Crippen LogP contribution in [0.5, 0.6) is 0 Å². The van der Waals surface area contributed by atoms with E-state index < -0.39 is 0 Å². The molecule has 0 fully saturated rings. The molecule has 1 aliphatic rings. The summed E-state index contributed by atoms with van der Waals surface area (Å²) < 4.78 is 4.61. The van der Waals surface area contributed by atoms with Crippen LogP contribution in [0, 0.1) is 0 Å². The highest BCUT2D eigenvalue weighted by Gasteiger charge is 2.19. The zero-order valence-electron chi connectivity index (χ0n) is 11.3. The Morgan fingerprint density at radius 2 is 1.90 bits per heavy atom. The van der Waals surface area contributed by atoms with Gasteiger partial charge in [-0.2, -0.15) is 4.58 Å². The van der Waals surface area contributed by atoms with Gasteiger partial charge in [0.25, 0.3) is 0 Å². The van der Waals surface area contributed by atoms with Gasteiger partial charge in [0.1, 0.15) is 0 Å². The van der Waals surface area contributed by atoms with Gasteiger partial charge in [-0.15, -0.1) is 11.8 Å². The van der Waals surface area contributed by atoms with Gasteiger partial charge in [0.15, 0.2) is 6.21 Å². The van der Waals surface area contributed by atoms with Crippen molar-refractivity contribution in [3.05, 3.63) is 60.3 Å². The van der Waals surface area contributed by atoms with Crippen LogP contribution in [0.25, 0.3) is 10.9 Å². The van der Waals surface area contributed by atoms with Gasteiger partial charge in [-0.25, -0.2) is 0 Å². The van der Waals surface area contributed by atoms with Crippen LogP contribution >= 0.6 is 11.8 Å². The number of hydrogen-bond donors (Lipinski definition) is 0. The molecule has 2 nitrogen and oxygen atoms in total. The second-order valence-electron chi connectivity index (χ2n) is 5.01. The Hall–Kier alpha value is -2.00. The lowest BCUT2D eigenvalue weighted by molar-refractivity contribution is -0.471. The van der Waals surface area contributed by atoms with Crippen molar-refractivity contribution in [1.29, 1.82) is 0 Å². The molecule has 0 spiro atoms. The van der Waals surface area contributed by atoms with Crippen molar-refractivity contribution in [2.45, 2.75) is 11.6 Å². The molecule has 0 radical (unpaired) electrons. The molecule has 20 heavy (non-hydrogen) atoms. The third kappa shape index (κ3) is 1.78. The molecule has 0 unspecified atom stereocenters. The van der Waals surface area contributed by atoms with Crippen molar-refractivity contribution in [1.82, 2.24) is 4.57 Å². The Morgan fingerprint density at radius 1 is 1.05 bits per heavy atom. The third-order valence-electron chi connectivity index (χ3n) is 3.82. The van der Waals surface area contributed by atoms with Crippen molar-refractivity contribution < 1.29 is 4.58 Å². The highest BCUT2D eigenvalue weighted by Crippen LogP contribution is 2.26. The van der Waals surface area contributed by atoms with E-state index in [1.807, 2.05) is 0 Å². The largest absolute Gasteiger partial charge is 0.291 e. The maximum atomic E-state index is 2.31. The molecule has 0 amide bonds. The molecule has 0 N–H and O–H groups in total. The number of rotatable bonds is 2. The van der Waals surface area contributed by atoms with Gasteiger partial charge >= 0.3 is 0 Å². The number of hydrogen-bond acceptors (Lipinski definition) is 1. The fraction of sp³-hybridized carbons (Fsp3) is 0.118. The predicted molar refractivity (Wildman–Crippen MR) is 85.2 cm³/mol. The summed E-state index contributed by atoms with van der Waals surface area (Å²) in [5.74, 6) is 0. The van der Waals surface area contributed by atoms with Gasteiger partial charge in [-0.1, -0.05) is 12.1 Å². The minimum Gasteiger partial charge on any atom is -0.291 e. The van der Waals surface area contributed by atoms with Crippen LogP contribution in [0.15, 0.2) is 59.6 Å². The first-order valence-electron chi connectivity index (χ1n) is 6.68. The second kappa shape index (κ2) is 4.53. The smallest absolute Gasteiger partial charge is 0.228 e. The summed E-state index contributed by atoms with van der Waals surface area (Å²) >= 11 is 1.78. The molecule has 1 aromatic heterocycles. The molecule has 0 atom stereocenters. The van der Waals surface area contributed by atoms with Gasteiger partial charge in [0.05, 0.1) is 11.1 Å². The van der Waals surface area contributed by atoms with Crippen LogP contribution in [-0.2, 0) is 6.67 Å². The van der Waals surface area contributed by atoms with Crippen LogP contribution < -0.4 is 0 Å². The van der Waals surface area contributed by atoms with Crippen LogP contribution in [0.3, 0.4) is 0 Å². The fourth-order valence-electron chi connectivity index (χ4n) is 2.82. The molecule has 1 aliphatic heterocycles. The number of nitrogens with zero attached hydrogens (tertiary/aromatic N) is 2. The van der Waals surface area contributed by atoms with Gasteiger partial charge in [0.2, 0.25) is 12.4 Å². The lowest BCUT2D eigenvalue weighted by atomic mass is 10.1. The monoisotopic (exact) mass is 279 g/mol. The minimum atomic E-state index is 0.874. The van der Waals surface area contributed by atoms with Crippen LogP contribution in [0.1, 0.15) is 5.56 Å². The Bertz CT molecular complexity index is 813. The molecular weight excluding hydrogens is 264 g/mol. The lowest BCUT2D eigenvalue weighted by Crippen LogP contribution is -2.18. The Kier molecular flexibility index (Phi) is 2.67. The highest BCUT2D eigenvalue weighted by atomic mass is 32.2. The summed E-state index contributed by atoms with van der Waals surface area (Å²) in [7, 11) is 0. The molecular formula is C17H15N2S+. The maximum absolute atomic E-state index is 2.31. The second-order valence-corrected chi connectivity index (χ2v) is 5.89. The van der Waals surface area contributed by atoms with E-state index in [0.29, 0.717) is 0 Å². The van der Waals surface area contributed by atoms with Crippen LogP contribution in [-0.4, -0.2) is 21.6 Å². The van der Waals surface area contributed by atoms with Crippen LogP contribution in [0.4, 0.5) is 5.69 Å². The molecule has 0 bridgehead atoms. The quantitative estimate of drug-likeness (QED) is 0.506. The average molecular weight is 279 g/mol. The standard InChI is InChI=1S/C17H15N2S/c1-20-16-7-5-15(6-8-16)19-11-14-4-2-3-13-9-10-18(12-19)17(13)14/h2-11H,12H2,1H3/q+1. The number of aromatic nitrogens is 1. The van der Waals surface area contributed by atoms with E-state index in [1.165, 1.54) is 27.0 Å². The molecule has 0 saturated carbocycles. The molecule has 3 aromatic rings. The summed E-state index contributed by atoms with van der Waals surface area (Å²) in [6.07, 6.45) is 6.52. The van der Waals surface area contributed by atoms with Crippen molar-refractivity contribution >= 4 is 34.6 Å². The van der Waals surface area contributed by atoms with Crippen molar-refractivity contribution in [2.75, 3.05) is 6.26 Å². The predicted octanol–water partition coefficient (Wildman–Crippen LogP) is 4.10. The number of benzene rings is 2. The van der Waals surface area contributed by atoms with E-state index in [1.54, 1.807) is 11.8 Å². The third-order valence-corrected chi connectivity index (χ3v) is 4.57. The molecule has 0 saturated heterocycles. The van der Waals surface area contributed by atoms with Gasteiger partial charge < -0.3 is 0 Å². The van der Waals surface area contributed by atoms with Gasteiger partial charge in [0, 0.05) is 28.6 Å². The topological polar surface area (TPSA) is 7.94 Å². The van der Waals surface area contributed by atoms with E-state index in [9.17, 15) is 0 Å². The van der Waals surface area contributed by atoms with Crippen molar-refractivity contribution in [3.63, 3.8) is 0 Å². The zero-order chi connectivity index (χ0) is 13.5. The normalized spacial score (nSPS) is 13.6. The highest BCUT2D eigenvalue weighted by molar-refractivity contribution is 7.98. The summed E-state index contributed by atoms with van der Waals surface area (Å²) in [6.45, 7) is 0.874. The van der Waals surface area contributed by atoms with Crippen LogP contribution in [0.2, 0.25) is 0 Å². The van der Waals surface area contributed by atoms with Gasteiger partial charge in [-0.05, 0) is 30.5 Å². The van der Waals surface area contributed by atoms with Crippen molar-refractivity contribution in [2.24, 2.45) is 0 Å². The molecule has 98 valence electrons. The molecule has 0 aliphatic carbocycles. The number of thioether (sulfide) groups is 1. The van der Waals surface area contributed by atoms with E-state index in [-0.39, 0.29) is 0 Å². The van der Waals surface area contributed by atoms with E-state index in [2.05, 4.69) is 76.3 Å². The zero-order valence-corrected chi connectivity index (χ0v) is 12.1. The average Bonchev–Trinajstić information content (AvgIpc) is 2.92. The molecule has 2 aromatic carbocycles. The summed E-state index contributed by atoms with van der Waals surface area (Å²) in [5.41, 5.74) is 3.86. The Balaban J connectivity index is 1.82. The molecule has 3 heteroatoms. The van der Waals surface area contributed by atoms with Crippen molar-refractivity contribution in [3.8, 4) is 0 Å². The number of para-hydroxylation sites is 1. The SMILES string of the molecule is CSc1ccc([N+]2=Cc3cccc4ccn(c34)C2)cc1. The van der Waals surface area contributed by atoms with E-state index >= 15 is 0 Å². The molecule has 4 rings (SSSR count). The Labute approximate surface area is 122 Å². The van der Waals surface area contributed by atoms with Gasteiger partial charge in [-0.3, -0.25) is 4.57 Å². The molecule has 2 heterocycles. The first-order chi connectivity index (χ1) is 9.85. The maximum Gasteiger partial charge on any atom is 0.228 e.